The van der Waals surface area contributed by atoms with Crippen molar-refractivity contribution >= 4 is 33.1 Å². The van der Waals surface area contributed by atoms with Crippen LogP contribution in [0.15, 0.2) is 39.9 Å². The zero-order valence-electron chi connectivity index (χ0n) is 13.0. The maximum absolute atomic E-state index is 12.6. The molecule has 0 fully saturated rings. The Morgan fingerprint density at radius 1 is 1.33 bits per heavy atom. The van der Waals surface area contributed by atoms with Crippen molar-refractivity contribution < 1.29 is 9.53 Å². The van der Waals surface area contributed by atoms with Gasteiger partial charge < -0.3 is 4.74 Å². The first kappa shape index (κ1) is 16.3. The minimum Gasteiger partial charge on any atom is -0.464 e. The summed E-state index contributed by atoms with van der Waals surface area (Å²) in [7, 11) is 0. The lowest BCUT2D eigenvalue weighted by molar-refractivity contribution is -0.146. The van der Waals surface area contributed by atoms with E-state index in [1.807, 2.05) is 24.3 Å². The molecule has 0 aliphatic rings. The monoisotopic (exact) mass is 391 g/mol. The first-order chi connectivity index (χ1) is 11.5. The fraction of sp³-hybridized carbons (Fsp3) is 0.267. The summed E-state index contributed by atoms with van der Waals surface area (Å²) >= 11 is 3.36. The molecule has 24 heavy (non-hydrogen) atoms. The average molecular weight is 392 g/mol. The van der Waals surface area contributed by atoms with Crippen LogP contribution < -0.4 is 5.56 Å². The van der Waals surface area contributed by atoms with Crippen LogP contribution in [0.3, 0.4) is 0 Å². The fourth-order valence-corrected chi connectivity index (χ4v) is 2.50. The van der Waals surface area contributed by atoms with Gasteiger partial charge in [0.05, 0.1) is 12.3 Å². The van der Waals surface area contributed by atoms with Gasteiger partial charge in [0.1, 0.15) is 12.4 Å². The lowest BCUT2D eigenvalue weighted by atomic mass is 10.3. The number of hydrogen-bond donors (Lipinski definition) is 0. The second kappa shape index (κ2) is 6.52. The van der Waals surface area contributed by atoms with Gasteiger partial charge in [0.25, 0.3) is 5.56 Å². The van der Waals surface area contributed by atoms with Gasteiger partial charge >= 0.3 is 5.97 Å². The van der Waals surface area contributed by atoms with Crippen LogP contribution in [0.5, 0.6) is 0 Å². The number of fused-ring (bicyclic) bond motifs is 1. The Balaban J connectivity index is 2.07. The highest BCUT2D eigenvalue weighted by Gasteiger charge is 2.21. The molecule has 9 heteroatoms. The predicted octanol–water partition coefficient (Wildman–Crippen LogP) is 1.86. The van der Waals surface area contributed by atoms with Crippen LogP contribution in [-0.2, 0) is 9.53 Å². The number of carbonyl (C=O) groups excluding carboxylic acids is 1. The number of ether oxygens (including phenoxy) is 1. The molecule has 124 valence electrons. The molecule has 2 heterocycles. The van der Waals surface area contributed by atoms with Crippen molar-refractivity contribution in [3.8, 4) is 5.69 Å². The standard InChI is InChI=1S/C15H14BrN5O3/c1-3-24-15(23)9(2)20-8-17-13-12(14(20)22)18-19-21(13)11-6-4-10(16)5-7-11/h4-9H,3H2,1-2H3/t9-/m1/s1. The summed E-state index contributed by atoms with van der Waals surface area (Å²) < 4.78 is 8.53. The minimum atomic E-state index is -0.785. The molecule has 2 aromatic heterocycles. The van der Waals surface area contributed by atoms with Gasteiger partial charge in [0.2, 0.25) is 0 Å². The fourth-order valence-electron chi connectivity index (χ4n) is 2.23. The molecule has 0 saturated carbocycles. The molecule has 0 aliphatic carbocycles. The van der Waals surface area contributed by atoms with Crippen molar-refractivity contribution in [1.29, 1.82) is 0 Å². The topological polar surface area (TPSA) is 91.9 Å². The van der Waals surface area contributed by atoms with Crippen LogP contribution in [0.1, 0.15) is 19.9 Å². The summed E-state index contributed by atoms with van der Waals surface area (Å²) in [4.78, 5) is 28.6. The molecular formula is C15H14BrN5O3. The molecule has 0 bridgehead atoms. The normalized spacial score (nSPS) is 12.3. The summed E-state index contributed by atoms with van der Waals surface area (Å²) in [6, 6.07) is 6.58. The van der Waals surface area contributed by atoms with Crippen LogP contribution in [0.25, 0.3) is 16.9 Å². The summed E-state index contributed by atoms with van der Waals surface area (Å²) in [6.07, 6.45) is 1.31. The van der Waals surface area contributed by atoms with E-state index in [2.05, 4.69) is 31.2 Å². The van der Waals surface area contributed by atoms with E-state index in [9.17, 15) is 9.59 Å². The lowest BCUT2D eigenvalue weighted by Crippen LogP contribution is -2.29. The number of benzene rings is 1. The third-order valence-corrected chi connectivity index (χ3v) is 4.03. The second-order valence-electron chi connectivity index (χ2n) is 5.03. The molecule has 0 saturated heterocycles. The molecule has 0 unspecified atom stereocenters. The number of rotatable bonds is 4. The summed E-state index contributed by atoms with van der Waals surface area (Å²) in [5.74, 6) is -0.499. The SMILES string of the molecule is CCOC(=O)[C@@H](C)n1cnc2c(nnn2-c2ccc(Br)cc2)c1=O. The van der Waals surface area contributed by atoms with Crippen LogP contribution in [-0.4, -0.2) is 37.1 Å². The van der Waals surface area contributed by atoms with Crippen LogP contribution in [0, 0.1) is 0 Å². The van der Waals surface area contributed by atoms with E-state index in [1.54, 1.807) is 13.8 Å². The van der Waals surface area contributed by atoms with E-state index >= 15 is 0 Å². The molecule has 0 spiro atoms. The third-order valence-electron chi connectivity index (χ3n) is 3.50. The van der Waals surface area contributed by atoms with Crippen LogP contribution in [0.4, 0.5) is 0 Å². The van der Waals surface area contributed by atoms with Gasteiger partial charge in [0, 0.05) is 4.47 Å². The van der Waals surface area contributed by atoms with Gasteiger partial charge in [-0.2, -0.15) is 4.68 Å². The molecular weight excluding hydrogens is 378 g/mol. The number of hydrogen-bond acceptors (Lipinski definition) is 6. The van der Waals surface area contributed by atoms with Crippen molar-refractivity contribution in [3.05, 3.63) is 45.4 Å². The smallest absolute Gasteiger partial charge is 0.328 e. The molecule has 3 aromatic rings. The van der Waals surface area contributed by atoms with Gasteiger partial charge in [-0.3, -0.25) is 9.36 Å². The van der Waals surface area contributed by atoms with Gasteiger partial charge in [-0.05, 0) is 38.1 Å². The first-order valence-electron chi connectivity index (χ1n) is 7.28. The van der Waals surface area contributed by atoms with Crippen LogP contribution in [0.2, 0.25) is 0 Å². The minimum absolute atomic E-state index is 0.0940. The molecule has 1 aromatic carbocycles. The van der Waals surface area contributed by atoms with E-state index in [0.717, 1.165) is 10.2 Å². The largest absolute Gasteiger partial charge is 0.464 e. The maximum atomic E-state index is 12.6. The zero-order chi connectivity index (χ0) is 17.3. The van der Waals surface area contributed by atoms with E-state index < -0.39 is 17.6 Å². The highest BCUT2D eigenvalue weighted by atomic mass is 79.9. The average Bonchev–Trinajstić information content (AvgIpc) is 3.00. The number of aromatic nitrogens is 5. The Labute approximate surface area is 145 Å². The molecule has 0 aliphatic heterocycles. The molecule has 1 atom stereocenters. The molecule has 0 amide bonds. The number of esters is 1. The Kier molecular flexibility index (Phi) is 4.43. The van der Waals surface area contributed by atoms with Gasteiger partial charge in [-0.15, -0.1) is 5.10 Å². The predicted molar refractivity (Wildman–Crippen MR) is 90.0 cm³/mol. The Bertz CT molecular complexity index is 948. The molecule has 8 nitrogen and oxygen atoms in total. The molecule has 0 radical (unpaired) electrons. The lowest BCUT2D eigenvalue weighted by Gasteiger charge is -2.12. The van der Waals surface area contributed by atoms with Gasteiger partial charge in [-0.1, -0.05) is 21.1 Å². The van der Waals surface area contributed by atoms with Crippen molar-refractivity contribution in [2.45, 2.75) is 19.9 Å². The van der Waals surface area contributed by atoms with Crippen molar-refractivity contribution in [3.63, 3.8) is 0 Å². The van der Waals surface area contributed by atoms with Crippen LogP contribution >= 0.6 is 15.9 Å². The number of nitrogens with zero attached hydrogens (tertiary/aromatic N) is 5. The van der Waals surface area contributed by atoms with E-state index in [-0.39, 0.29) is 12.1 Å². The zero-order valence-corrected chi connectivity index (χ0v) is 14.6. The summed E-state index contributed by atoms with van der Waals surface area (Å²) in [5, 5.41) is 7.92. The summed E-state index contributed by atoms with van der Waals surface area (Å²) in [5.41, 5.74) is 0.707. The van der Waals surface area contributed by atoms with E-state index in [1.165, 1.54) is 15.6 Å². The number of carbonyl (C=O) groups is 1. The molecule has 3 rings (SSSR count). The van der Waals surface area contributed by atoms with E-state index in [4.69, 9.17) is 4.74 Å². The number of halogens is 1. The quantitative estimate of drug-likeness (QED) is 0.630. The van der Waals surface area contributed by atoms with Crippen molar-refractivity contribution in [1.82, 2.24) is 24.5 Å². The maximum Gasteiger partial charge on any atom is 0.328 e. The van der Waals surface area contributed by atoms with E-state index in [0.29, 0.717) is 5.65 Å². The third kappa shape index (κ3) is 2.82. The molecule has 0 N–H and O–H groups in total. The van der Waals surface area contributed by atoms with Gasteiger partial charge in [-0.25, -0.2) is 9.78 Å². The Morgan fingerprint density at radius 2 is 2.04 bits per heavy atom. The first-order valence-corrected chi connectivity index (χ1v) is 8.07. The second-order valence-corrected chi connectivity index (χ2v) is 5.95. The highest BCUT2D eigenvalue weighted by Crippen LogP contribution is 2.16. The highest BCUT2D eigenvalue weighted by molar-refractivity contribution is 9.10. The van der Waals surface area contributed by atoms with Crippen molar-refractivity contribution in [2.75, 3.05) is 6.61 Å². The Hall–Kier alpha value is -2.55. The van der Waals surface area contributed by atoms with Crippen molar-refractivity contribution in [2.24, 2.45) is 0 Å². The summed E-state index contributed by atoms with van der Waals surface area (Å²) in [6.45, 7) is 3.53. The Morgan fingerprint density at radius 3 is 2.71 bits per heavy atom. The van der Waals surface area contributed by atoms with Gasteiger partial charge in [0.15, 0.2) is 11.2 Å².